The zero-order chi connectivity index (χ0) is 37.6. The van der Waals surface area contributed by atoms with Crippen LogP contribution in [0.3, 0.4) is 0 Å². The summed E-state index contributed by atoms with van der Waals surface area (Å²) in [6, 6.07) is 13.9. The van der Waals surface area contributed by atoms with Crippen molar-refractivity contribution in [1.29, 1.82) is 0 Å². The second-order valence-corrected chi connectivity index (χ2v) is 13.1. The van der Waals surface area contributed by atoms with E-state index in [2.05, 4.69) is 27.5 Å². The molecule has 0 spiro atoms. The molecule has 1 atom stereocenters. The van der Waals surface area contributed by atoms with Gasteiger partial charge in [0, 0.05) is 76.1 Å². The van der Waals surface area contributed by atoms with Crippen molar-refractivity contribution in [2.45, 2.75) is 31.7 Å². The van der Waals surface area contributed by atoms with E-state index in [4.69, 9.17) is 14.6 Å². The fourth-order valence-corrected chi connectivity index (χ4v) is 6.36. The molecule has 14 nitrogen and oxygen atoms in total. The van der Waals surface area contributed by atoms with Crippen molar-refractivity contribution < 1.29 is 33.8 Å². The molecule has 0 aliphatic carbocycles. The van der Waals surface area contributed by atoms with Gasteiger partial charge in [0.1, 0.15) is 11.4 Å². The Morgan fingerprint density at radius 2 is 1.68 bits per heavy atom. The Balaban J connectivity index is 0.991. The van der Waals surface area contributed by atoms with Gasteiger partial charge < -0.3 is 44.6 Å². The molecule has 4 aromatic rings. The van der Waals surface area contributed by atoms with E-state index < -0.39 is 0 Å². The molecule has 4 amide bonds. The van der Waals surface area contributed by atoms with E-state index in [0.717, 1.165) is 16.7 Å². The maximum absolute atomic E-state index is 13.2. The first kappa shape index (κ1) is 36.6. The summed E-state index contributed by atoms with van der Waals surface area (Å²) >= 11 is 0. The van der Waals surface area contributed by atoms with Gasteiger partial charge in [-0.25, -0.2) is 0 Å². The monoisotopic (exact) mass is 721 g/mol. The van der Waals surface area contributed by atoms with Crippen LogP contribution in [-0.2, 0) is 18.9 Å². The maximum atomic E-state index is 13.2. The maximum Gasteiger partial charge on any atom is 0.272 e. The van der Waals surface area contributed by atoms with Crippen LogP contribution in [-0.4, -0.2) is 88.4 Å². The highest BCUT2D eigenvalue weighted by molar-refractivity contribution is 6.05. The lowest BCUT2D eigenvalue weighted by Crippen LogP contribution is -2.35. The predicted octanol–water partition coefficient (Wildman–Crippen LogP) is 4.69. The Morgan fingerprint density at radius 1 is 0.925 bits per heavy atom. The lowest BCUT2D eigenvalue weighted by atomic mass is 10.1. The first-order valence-electron chi connectivity index (χ1n) is 17.3. The van der Waals surface area contributed by atoms with E-state index >= 15 is 0 Å². The van der Waals surface area contributed by atoms with Gasteiger partial charge in [0.05, 0.1) is 36.7 Å². The van der Waals surface area contributed by atoms with Crippen molar-refractivity contribution in [3.05, 3.63) is 90.0 Å². The van der Waals surface area contributed by atoms with Crippen LogP contribution < -0.4 is 25.4 Å². The molecule has 276 valence electrons. The summed E-state index contributed by atoms with van der Waals surface area (Å²) in [5, 5.41) is 17.5. The van der Waals surface area contributed by atoms with Gasteiger partial charge in [-0.3, -0.25) is 24.2 Å². The van der Waals surface area contributed by atoms with E-state index in [1.54, 1.807) is 76.9 Å². The number of carbonyl (C=O) groups is 4. The van der Waals surface area contributed by atoms with E-state index in [9.17, 15) is 19.2 Å². The highest BCUT2D eigenvalue weighted by atomic mass is 16.5. The number of aryl methyl sites for hydroxylation is 2. The molecule has 0 unspecified atom stereocenters. The summed E-state index contributed by atoms with van der Waals surface area (Å²) in [5.74, 6) is -0.0913. The average molecular weight is 722 g/mol. The number of amides is 4. The number of methoxy groups -OCH3 is 1. The summed E-state index contributed by atoms with van der Waals surface area (Å²) in [4.78, 5) is 57.9. The molecule has 0 saturated carbocycles. The Bertz CT molecular complexity index is 2080. The highest BCUT2D eigenvalue weighted by Gasteiger charge is 2.34. The fourth-order valence-electron chi connectivity index (χ4n) is 6.36. The number of nitrogens with one attached hydrogen (secondary N) is 3. The van der Waals surface area contributed by atoms with Crippen LogP contribution in [0.5, 0.6) is 11.5 Å². The van der Waals surface area contributed by atoms with Crippen LogP contribution in [0.2, 0.25) is 0 Å². The van der Waals surface area contributed by atoms with Gasteiger partial charge in [0.25, 0.3) is 17.7 Å². The molecule has 14 heteroatoms. The van der Waals surface area contributed by atoms with Crippen molar-refractivity contribution in [3.63, 3.8) is 0 Å². The van der Waals surface area contributed by atoms with Gasteiger partial charge in [0.15, 0.2) is 11.5 Å². The van der Waals surface area contributed by atoms with Crippen molar-refractivity contribution in [3.8, 4) is 22.6 Å². The van der Waals surface area contributed by atoms with E-state index in [1.807, 2.05) is 18.3 Å². The number of hydrogen-bond acceptors (Lipinski definition) is 8. The lowest BCUT2D eigenvalue weighted by Gasteiger charge is -2.20. The molecule has 0 radical (unpaired) electrons. The molecule has 2 aliphatic rings. The Kier molecular flexibility index (Phi) is 11.1. The smallest absolute Gasteiger partial charge is 0.272 e. The number of aliphatic hydroxyl groups is 1. The quantitative estimate of drug-likeness (QED) is 0.108. The molecular formula is C39H43N7O7. The molecule has 1 saturated heterocycles. The number of hydrogen-bond donors (Lipinski definition) is 4. The lowest BCUT2D eigenvalue weighted by molar-refractivity contribution is -0.116. The second-order valence-electron chi connectivity index (χ2n) is 13.1. The van der Waals surface area contributed by atoms with E-state index in [1.165, 1.54) is 7.11 Å². The molecule has 4 N–H and O–H groups in total. The number of rotatable bonds is 14. The van der Waals surface area contributed by atoms with E-state index in [-0.39, 0.29) is 49.3 Å². The Labute approximate surface area is 307 Å². The number of anilines is 2. The van der Waals surface area contributed by atoms with Crippen molar-refractivity contribution in [2.75, 3.05) is 44.0 Å². The zero-order valence-electron chi connectivity index (χ0n) is 30.0. The number of aliphatic imine (C=N–C) groups is 1. The minimum atomic E-state index is -0.345. The third-order valence-electron chi connectivity index (χ3n) is 9.11. The van der Waals surface area contributed by atoms with Crippen LogP contribution in [0.4, 0.5) is 17.1 Å². The summed E-state index contributed by atoms with van der Waals surface area (Å²) in [6.07, 6.45) is 7.05. The summed E-state index contributed by atoms with van der Waals surface area (Å²) in [7, 11) is 5.02. The molecule has 0 bridgehead atoms. The molecule has 2 aromatic carbocycles. The van der Waals surface area contributed by atoms with Gasteiger partial charge in [0.2, 0.25) is 5.91 Å². The second kappa shape index (κ2) is 16.0. The number of nitrogens with zero attached hydrogens (tertiary/aromatic N) is 4. The molecule has 53 heavy (non-hydrogen) atoms. The van der Waals surface area contributed by atoms with Gasteiger partial charge in [-0.15, -0.1) is 0 Å². The summed E-state index contributed by atoms with van der Waals surface area (Å²) in [6.45, 7) is 5.14. The van der Waals surface area contributed by atoms with E-state index in [0.29, 0.717) is 77.9 Å². The Hall–Kier alpha value is -6.15. The van der Waals surface area contributed by atoms with Crippen molar-refractivity contribution in [2.24, 2.45) is 19.1 Å². The molecule has 2 aliphatic heterocycles. The normalized spacial score (nSPS) is 14.7. The third kappa shape index (κ3) is 8.33. The number of fused-ring (bicyclic) bond motifs is 2. The first-order chi connectivity index (χ1) is 25.5. The van der Waals surface area contributed by atoms with Crippen LogP contribution in [0.1, 0.15) is 57.0 Å². The number of carbonyl (C=O) groups excluding carboxylic acids is 4. The molecule has 2 aromatic heterocycles. The van der Waals surface area contributed by atoms with Crippen LogP contribution in [0, 0.1) is 0 Å². The number of aromatic nitrogens is 2. The van der Waals surface area contributed by atoms with Gasteiger partial charge >= 0.3 is 0 Å². The summed E-state index contributed by atoms with van der Waals surface area (Å²) < 4.78 is 14.9. The first-order valence-corrected chi connectivity index (χ1v) is 17.3. The third-order valence-corrected chi connectivity index (χ3v) is 9.11. The largest absolute Gasteiger partial charge is 0.493 e. The van der Waals surface area contributed by atoms with Crippen LogP contribution >= 0.6 is 0 Å². The average Bonchev–Trinajstić information content (AvgIpc) is 3.82. The number of aliphatic hydroxyl groups excluding tert-OH is 1. The fraction of sp³-hybridized carbons (Fsp3) is 0.308. The number of ether oxygens (including phenoxy) is 2. The highest BCUT2D eigenvalue weighted by Crippen LogP contribution is 2.38. The predicted molar refractivity (Wildman–Crippen MR) is 201 cm³/mol. The minimum Gasteiger partial charge on any atom is -0.493 e. The summed E-state index contributed by atoms with van der Waals surface area (Å²) in [5.41, 5.74) is 5.58. The zero-order valence-corrected chi connectivity index (χ0v) is 30.0. The SMILES string of the molecule is C=C1C[C@H]2C=Nc3cc(OCCCC(=O)Nc4cc(C(=O)Nc5ccc(-c6cc(C(=O)NCCCO)n(C)c6)cc5)n(C)c4)c(OC)cc3C(=O)N2C1. The van der Waals surface area contributed by atoms with Crippen LogP contribution in [0.15, 0.2) is 78.1 Å². The molecular weight excluding hydrogens is 678 g/mol. The Morgan fingerprint density at radius 3 is 2.43 bits per heavy atom. The van der Waals surface area contributed by atoms with Crippen LogP contribution in [0.25, 0.3) is 11.1 Å². The minimum absolute atomic E-state index is 0.00964. The topological polar surface area (TPSA) is 169 Å². The number of benzene rings is 2. The van der Waals surface area contributed by atoms with Gasteiger partial charge in [-0.1, -0.05) is 24.3 Å². The standard InChI is InChI=1S/C39H43N7O7/c1-24-15-29-20-41-31-19-35(34(52-4)18-30(31)39(51)46(29)21-24)53-14-5-7-36(48)42-28-17-33(45(3)23-28)38(50)43-27-10-8-25(9-11-27)26-16-32(44(2)22-26)37(49)40-12-6-13-47/h8-11,16-20,22-23,29,47H,1,5-7,12-15,21H2,2-4H3,(H,40,49)(H,42,48)(H,43,50)/t29-/m0/s1. The molecule has 1 fully saturated rings. The van der Waals surface area contributed by atoms with Gasteiger partial charge in [-0.2, -0.15) is 0 Å². The molecule has 6 rings (SSSR count). The van der Waals surface area contributed by atoms with Gasteiger partial charge in [-0.05, 0) is 55.2 Å². The van der Waals surface area contributed by atoms with Crippen molar-refractivity contribution in [1.82, 2.24) is 19.4 Å². The van der Waals surface area contributed by atoms with Crippen molar-refractivity contribution >= 4 is 46.9 Å². The molecule has 4 heterocycles.